The molecule has 2 fully saturated rings. The van der Waals surface area contributed by atoms with E-state index in [1.807, 2.05) is 18.2 Å². The van der Waals surface area contributed by atoms with Gasteiger partial charge in [-0.15, -0.1) is 0 Å². The van der Waals surface area contributed by atoms with Crippen LogP contribution in [0.3, 0.4) is 0 Å². The van der Waals surface area contributed by atoms with Gasteiger partial charge in [-0.1, -0.05) is 0 Å². The van der Waals surface area contributed by atoms with Gasteiger partial charge in [0.05, 0.1) is 12.0 Å². The fraction of sp³-hybridized carbons (Fsp3) is 0.480. The van der Waals surface area contributed by atoms with E-state index in [0.717, 1.165) is 62.4 Å². The minimum absolute atomic E-state index is 0.105. The van der Waals surface area contributed by atoms with Crippen LogP contribution in [0.4, 0.5) is 11.4 Å². The molecule has 2 aromatic carbocycles. The summed E-state index contributed by atoms with van der Waals surface area (Å²) in [4.78, 5) is 19.2. The molecule has 2 heterocycles. The number of anilines is 2. The number of hydrogen-bond donors (Lipinski definition) is 1. The molecule has 1 saturated carbocycles. The van der Waals surface area contributed by atoms with E-state index in [4.69, 9.17) is 4.74 Å². The van der Waals surface area contributed by atoms with Crippen LogP contribution in [0.5, 0.6) is 5.75 Å². The lowest BCUT2D eigenvalue weighted by Crippen LogP contribution is -2.48. The van der Waals surface area contributed by atoms with E-state index in [1.165, 1.54) is 5.69 Å². The number of hydrogen-bond acceptors (Lipinski definition) is 6. The Labute approximate surface area is 215 Å². The van der Waals surface area contributed by atoms with Crippen LogP contribution in [-0.4, -0.2) is 72.1 Å². The quantitative estimate of drug-likeness (QED) is 0.532. The first-order chi connectivity index (χ1) is 16.9. The molecule has 35 heavy (non-hydrogen) atoms. The van der Waals surface area contributed by atoms with Gasteiger partial charge in [-0.3, -0.25) is 9.69 Å². The predicted molar refractivity (Wildman–Crippen MR) is 140 cm³/mol. The minimum atomic E-state index is -3.71. The van der Waals surface area contributed by atoms with Gasteiger partial charge in [0.1, 0.15) is 5.75 Å². The molecule has 5 rings (SSSR count). The SMILES string of the molecule is COc1ccc(N2CCN(CCNS(=O)(=O)c3cc4c(cc3Br)CCN4C(=O)C3CC3)CC2)cc1. The second kappa shape index (κ2) is 10.1. The molecule has 2 aliphatic heterocycles. The number of nitrogens with one attached hydrogen (secondary N) is 1. The van der Waals surface area contributed by atoms with Gasteiger partial charge in [-0.25, -0.2) is 13.1 Å². The van der Waals surface area contributed by atoms with Crippen molar-refractivity contribution in [3.8, 4) is 5.75 Å². The summed E-state index contributed by atoms with van der Waals surface area (Å²) >= 11 is 3.44. The Kier molecular flexibility index (Phi) is 7.07. The fourth-order valence-electron chi connectivity index (χ4n) is 4.81. The highest BCUT2D eigenvalue weighted by molar-refractivity contribution is 9.10. The fourth-order valence-corrected chi connectivity index (χ4v) is 6.94. The number of carbonyl (C=O) groups excluding carboxylic acids is 1. The lowest BCUT2D eigenvalue weighted by molar-refractivity contribution is -0.119. The summed E-state index contributed by atoms with van der Waals surface area (Å²) in [5.74, 6) is 1.07. The van der Waals surface area contributed by atoms with Crippen molar-refractivity contribution < 1.29 is 17.9 Å². The third-order valence-electron chi connectivity index (χ3n) is 7.04. The second-order valence-corrected chi connectivity index (χ2v) is 11.9. The molecule has 188 valence electrons. The van der Waals surface area contributed by atoms with Crippen molar-refractivity contribution in [2.45, 2.75) is 24.2 Å². The smallest absolute Gasteiger partial charge is 0.241 e. The largest absolute Gasteiger partial charge is 0.497 e. The van der Waals surface area contributed by atoms with Crippen molar-refractivity contribution in [3.05, 3.63) is 46.4 Å². The van der Waals surface area contributed by atoms with Gasteiger partial charge in [0.2, 0.25) is 15.9 Å². The second-order valence-electron chi connectivity index (χ2n) is 9.35. The van der Waals surface area contributed by atoms with E-state index in [9.17, 15) is 13.2 Å². The Bertz CT molecular complexity index is 1190. The van der Waals surface area contributed by atoms with Crippen LogP contribution >= 0.6 is 15.9 Å². The Morgan fingerprint density at radius 2 is 1.80 bits per heavy atom. The maximum absolute atomic E-state index is 13.1. The van der Waals surface area contributed by atoms with E-state index in [2.05, 4.69) is 42.6 Å². The molecule has 0 aromatic heterocycles. The molecule has 1 saturated heterocycles. The van der Waals surface area contributed by atoms with Gasteiger partial charge in [-0.05, 0) is 77.2 Å². The summed E-state index contributed by atoms with van der Waals surface area (Å²) < 4.78 is 34.8. The first-order valence-corrected chi connectivity index (χ1v) is 14.4. The number of fused-ring (bicyclic) bond motifs is 1. The minimum Gasteiger partial charge on any atom is -0.497 e. The van der Waals surface area contributed by atoms with Crippen molar-refractivity contribution in [1.29, 1.82) is 0 Å². The van der Waals surface area contributed by atoms with Gasteiger partial charge in [-0.2, -0.15) is 0 Å². The molecule has 0 unspecified atom stereocenters. The highest BCUT2D eigenvalue weighted by Gasteiger charge is 2.37. The maximum Gasteiger partial charge on any atom is 0.241 e. The number of ether oxygens (including phenoxy) is 1. The van der Waals surface area contributed by atoms with E-state index in [1.54, 1.807) is 18.1 Å². The number of halogens is 1. The van der Waals surface area contributed by atoms with Gasteiger partial charge in [0, 0.05) is 67.6 Å². The van der Waals surface area contributed by atoms with E-state index < -0.39 is 10.0 Å². The summed E-state index contributed by atoms with van der Waals surface area (Å²) in [7, 11) is -2.05. The molecule has 10 heteroatoms. The summed E-state index contributed by atoms with van der Waals surface area (Å²) in [6.45, 7) is 5.11. The highest BCUT2D eigenvalue weighted by atomic mass is 79.9. The Balaban J connectivity index is 1.16. The number of sulfonamides is 1. The summed E-state index contributed by atoms with van der Waals surface area (Å²) in [6.07, 6.45) is 2.62. The zero-order chi connectivity index (χ0) is 24.6. The predicted octanol–water partition coefficient (Wildman–Crippen LogP) is 2.86. The third-order valence-corrected chi connectivity index (χ3v) is 9.46. The number of amides is 1. The number of piperazine rings is 1. The first-order valence-electron chi connectivity index (χ1n) is 12.1. The zero-order valence-electron chi connectivity index (χ0n) is 19.9. The van der Waals surface area contributed by atoms with Crippen molar-refractivity contribution in [2.24, 2.45) is 5.92 Å². The normalized spacial score (nSPS) is 18.6. The van der Waals surface area contributed by atoms with Crippen LogP contribution in [0.1, 0.15) is 18.4 Å². The van der Waals surface area contributed by atoms with Gasteiger partial charge >= 0.3 is 0 Å². The summed E-state index contributed by atoms with van der Waals surface area (Å²) in [5, 5.41) is 0. The molecule has 1 amide bonds. The maximum atomic E-state index is 13.1. The van der Waals surface area contributed by atoms with E-state index in [-0.39, 0.29) is 16.7 Å². The highest BCUT2D eigenvalue weighted by Crippen LogP contribution is 2.39. The number of rotatable bonds is 8. The molecule has 0 bridgehead atoms. The van der Waals surface area contributed by atoms with Crippen LogP contribution in [-0.2, 0) is 21.2 Å². The summed E-state index contributed by atoms with van der Waals surface area (Å²) in [6, 6.07) is 11.6. The van der Waals surface area contributed by atoms with Gasteiger partial charge < -0.3 is 14.5 Å². The Morgan fingerprint density at radius 3 is 2.46 bits per heavy atom. The van der Waals surface area contributed by atoms with Crippen LogP contribution in [0.2, 0.25) is 0 Å². The molecule has 8 nitrogen and oxygen atoms in total. The van der Waals surface area contributed by atoms with Gasteiger partial charge in [0.25, 0.3) is 0 Å². The topological polar surface area (TPSA) is 82.2 Å². The Morgan fingerprint density at radius 1 is 1.09 bits per heavy atom. The number of nitrogens with zero attached hydrogens (tertiary/aromatic N) is 3. The number of carbonyl (C=O) groups is 1. The lowest BCUT2D eigenvalue weighted by atomic mass is 10.2. The molecule has 0 spiro atoms. The number of methoxy groups -OCH3 is 1. The van der Waals surface area contributed by atoms with Crippen molar-refractivity contribution in [2.75, 3.05) is 62.7 Å². The molecular formula is C25H31BrN4O4S. The van der Waals surface area contributed by atoms with Crippen molar-refractivity contribution in [1.82, 2.24) is 9.62 Å². The lowest BCUT2D eigenvalue weighted by Gasteiger charge is -2.36. The number of benzene rings is 2. The molecule has 3 aliphatic rings. The van der Waals surface area contributed by atoms with Crippen molar-refractivity contribution >= 4 is 43.2 Å². The van der Waals surface area contributed by atoms with Crippen LogP contribution in [0.15, 0.2) is 45.8 Å². The van der Waals surface area contributed by atoms with Crippen LogP contribution in [0.25, 0.3) is 0 Å². The molecule has 0 atom stereocenters. The molecular weight excluding hydrogens is 532 g/mol. The van der Waals surface area contributed by atoms with Crippen LogP contribution in [0, 0.1) is 5.92 Å². The third kappa shape index (κ3) is 5.35. The average Bonchev–Trinajstić information content (AvgIpc) is 3.63. The van der Waals surface area contributed by atoms with E-state index >= 15 is 0 Å². The summed E-state index contributed by atoms with van der Waals surface area (Å²) in [5.41, 5.74) is 2.92. The first kappa shape index (κ1) is 24.5. The standard InChI is InChI=1S/C25H31BrN4O4S/c1-34-21-6-4-20(5-7-21)29-14-12-28(13-15-29)11-9-27-35(32,33)24-17-23-19(16-22(24)26)8-10-30(23)25(31)18-2-3-18/h4-7,16-18,27H,2-3,8-15H2,1H3. The average molecular weight is 564 g/mol. The molecule has 0 radical (unpaired) electrons. The zero-order valence-corrected chi connectivity index (χ0v) is 22.3. The monoisotopic (exact) mass is 562 g/mol. The Hall–Kier alpha value is -2.14. The van der Waals surface area contributed by atoms with Crippen molar-refractivity contribution in [3.63, 3.8) is 0 Å². The molecule has 1 N–H and O–H groups in total. The molecule has 2 aromatic rings. The molecule has 1 aliphatic carbocycles. The van der Waals surface area contributed by atoms with Gasteiger partial charge in [0.15, 0.2) is 0 Å². The van der Waals surface area contributed by atoms with Crippen LogP contribution < -0.4 is 19.3 Å². The van der Waals surface area contributed by atoms with E-state index in [0.29, 0.717) is 24.1 Å².